The molecule has 0 saturated heterocycles. The number of hydrogen-bond acceptors (Lipinski definition) is 5. The summed E-state index contributed by atoms with van der Waals surface area (Å²) in [4.78, 5) is 35.0. The van der Waals surface area contributed by atoms with Crippen molar-refractivity contribution in [3.8, 4) is 0 Å². The van der Waals surface area contributed by atoms with Crippen LogP contribution in [-0.4, -0.2) is 37.6 Å². The van der Waals surface area contributed by atoms with E-state index in [1.807, 2.05) is 0 Å². The second kappa shape index (κ2) is 10.0. The van der Waals surface area contributed by atoms with E-state index in [-0.39, 0.29) is 31.7 Å². The molecule has 1 amide bonds. The lowest BCUT2D eigenvalue weighted by molar-refractivity contribution is -0.144. The predicted octanol–water partition coefficient (Wildman–Crippen LogP) is 2.48. The number of ether oxygens (including phenoxy) is 2. The molecule has 6 nitrogen and oxygen atoms in total. The molecule has 0 aliphatic heterocycles. The summed E-state index contributed by atoms with van der Waals surface area (Å²) in [6, 6.07) is 10.9. The zero-order valence-corrected chi connectivity index (χ0v) is 14.2. The van der Waals surface area contributed by atoms with Crippen molar-refractivity contribution in [3.63, 3.8) is 0 Å². The summed E-state index contributed by atoms with van der Waals surface area (Å²) in [5.74, 6) is -3.70. The summed E-state index contributed by atoms with van der Waals surface area (Å²) in [5.41, 5.74) is 0.0668. The zero-order chi connectivity index (χ0) is 19.6. The predicted molar refractivity (Wildman–Crippen MR) is 91.0 cm³/mol. The minimum absolute atomic E-state index is 0.0850. The van der Waals surface area contributed by atoms with Crippen molar-refractivity contribution in [2.75, 3.05) is 19.8 Å². The van der Waals surface area contributed by atoms with Crippen LogP contribution in [0.15, 0.2) is 48.5 Å². The Morgan fingerprint density at radius 2 is 1.63 bits per heavy atom. The molecule has 0 unspecified atom stereocenters. The first kappa shape index (κ1) is 20.0. The molecule has 2 aromatic rings. The molecule has 8 heteroatoms. The number of hydrogen-bond donors (Lipinski definition) is 1. The molecule has 0 atom stereocenters. The highest BCUT2D eigenvalue weighted by Crippen LogP contribution is 2.09. The normalized spacial score (nSPS) is 10.1. The molecule has 27 heavy (non-hydrogen) atoms. The van der Waals surface area contributed by atoms with Crippen molar-refractivity contribution in [2.24, 2.45) is 0 Å². The van der Waals surface area contributed by atoms with Crippen LogP contribution < -0.4 is 5.32 Å². The van der Waals surface area contributed by atoms with Crippen LogP contribution in [0.2, 0.25) is 0 Å². The number of rotatable bonds is 8. The average molecular weight is 377 g/mol. The molecule has 1 N–H and O–H groups in total. The first-order valence-electron chi connectivity index (χ1n) is 8.08. The topological polar surface area (TPSA) is 81.7 Å². The van der Waals surface area contributed by atoms with Gasteiger partial charge in [-0.1, -0.05) is 18.2 Å². The first-order chi connectivity index (χ1) is 13.0. The van der Waals surface area contributed by atoms with Crippen molar-refractivity contribution in [1.82, 2.24) is 5.32 Å². The minimum Gasteiger partial charge on any atom is -0.462 e. The monoisotopic (exact) mass is 377 g/mol. The number of nitrogens with one attached hydrogen (secondary N) is 1. The molecule has 0 fully saturated rings. The van der Waals surface area contributed by atoms with Gasteiger partial charge in [0.2, 0.25) is 0 Å². The maximum absolute atomic E-state index is 13.4. The zero-order valence-electron chi connectivity index (χ0n) is 14.2. The van der Waals surface area contributed by atoms with Crippen LogP contribution in [0.25, 0.3) is 0 Å². The van der Waals surface area contributed by atoms with Gasteiger partial charge >= 0.3 is 11.9 Å². The molecule has 142 valence electrons. The third kappa shape index (κ3) is 6.50. The summed E-state index contributed by atoms with van der Waals surface area (Å²) < 4.78 is 36.1. The van der Waals surface area contributed by atoms with Gasteiger partial charge in [0, 0.05) is 12.6 Å². The van der Waals surface area contributed by atoms with E-state index < -0.39 is 29.5 Å². The molecule has 0 aliphatic carbocycles. The molecule has 2 rings (SSSR count). The third-order valence-corrected chi connectivity index (χ3v) is 3.38. The van der Waals surface area contributed by atoms with E-state index >= 15 is 0 Å². The van der Waals surface area contributed by atoms with E-state index in [9.17, 15) is 23.2 Å². The SMILES string of the molecule is O=C(CCNC(=O)c1ccc(F)cc1F)OCCOC(=O)c1ccccc1. The van der Waals surface area contributed by atoms with Gasteiger partial charge in [0.1, 0.15) is 24.8 Å². The molecule has 2 aromatic carbocycles. The molecule has 0 radical (unpaired) electrons. The summed E-state index contributed by atoms with van der Waals surface area (Å²) in [6.45, 7) is -0.317. The van der Waals surface area contributed by atoms with Gasteiger partial charge in [0.25, 0.3) is 5.91 Å². The van der Waals surface area contributed by atoms with Gasteiger partial charge < -0.3 is 14.8 Å². The molecule has 0 spiro atoms. The quantitative estimate of drug-likeness (QED) is 0.565. The van der Waals surface area contributed by atoms with E-state index in [1.165, 1.54) is 0 Å². The van der Waals surface area contributed by atoms with E-state index in [0.717, 1.165) is 12.1 Å². The van der Waals surface area contributed by atoms with Gasteiger partial charge in [-0.25, -0.2) is 13.6 Å². The Balaban J connectivity index is 1.62. The van der Waals surface area contributed by atoms with E-state index in [0.29, 0.717) is 11.6 Å². The first-order valence-corrected chi connectivity index (χ1v) is 8.08. The van der Waals surface area contributed by atoms with E-state index in [1.54, 1.807) is 30.3 Å². The van der Waals surface area contributed by atoms with Crippen molar-refractivity contribution < 1.29 is 32.6 Å². The van der Waals surface area contributed by atoms with Crippen LogP contribution in [0.4, 0.5) is 8.78 Å². The Bertz CT molecular complexity index is 811. The lowest BCUT2D eigenvalue weighted by atomic mass is 10.2. The standard InChI is InChI=1S/C19H17F2NO5/c20-14-6-7-15(16(21)12-14)18(24)22-9-8-17(23)26-10-11-27-19(25)13-4-2-1-3-5-13/h1-7,12H,8-11H2,(H,22,24). The van der Waals surface area contributed by atoms with Crippen LogP contribution >= 0.6 is 0 Å². The highest BCUT2D eigenvalue weighted by atomic mass is 19.1. The van der Waals surface area contributed by atoms with E-state index in [4.69, 9.17) is 9.47 Å². The van der Waals surface area contributed by atoms with Crippen LogP contribution in [0.5, 0.6) is 0 Å². The van der Waals surface area contributed by atoms with Gasteiger partial charge in [0.05, 0.1) is 17.5 Å². The number of benzene rings is 2. The van der Waals surface area contributed by atoms with Gasteiger partial charge in [-0.15, -0.1) is 0 Å². The fourth-order valence-electron chi connectivity index (χ4n) is 2.07. The van der Waals surface area contributed by atoms with Crippen molar-refractivity contribution in [2.45, 2.75) is 6.42 Å². The van der Waals surface area contributed by atoms with Crippen LogP contribution in [0.1, 0.15) is 27.1 Å². The summed E-state index contributed by atoms with van der Waals surface area (Å²) in [7, 11) is 0. The van der Waals surface area contributed by atoms with Crippen LogP contribution in [0.3, 0.4) is 0 Å². The summed E-state index contributed by atoms with van der Waals surface area (Å²) in [6.07, 6.45) is -0.152. The molecular formula is C19H17F2NO5. The largest absolute Gasteiger partial charge is 0.462 e. The van der Waals surface area contributed by atoms with Gasteiger partial charge in [0.15, 0.2) is 0 Å². The minimum atomic E-state index is -0.990. The number of carbonyl (C=O) groups excluding carboxylic acids is 3. The number of amides is 1. The van der Waals surface area contributed by atoms with Gasteiger partial charge in [-0.3, -0.25) is 9.59 Å². The fraction of sp³-hybridized carbons (Fsp3) is 0.211. The maximum atomic E-state index is 13.4. The lowest BCUT2D eigenvalue weighted by Crippen LogP contribution is -2.27. The van der Waals surface area contributed by atoms with Gasteiger partial charge in [-0.2, -0.15) is 0 Å². The molecule has 0 saturated carbocycles. The molecule has 0 heterocycles. The van der Waals surface area contributed by atoms with Gasteiger partial charge in [-0.05, 0) is 24.3 Å². The highest BCUT2D eigenvalue weighted by molar-refractivity contribution is 5.94. The fourth-order valence-corrected chi connectivity index (χ4v) is 2.07. The number of carbonyl (C=O) groups is 3. The van der Waals surface area contributed by atoms with E-state index in [2.05, 4.69) is 5.32 Å². The lowest BCUT2D eigenvalue weighted by Gasteiger charge is -2.08. The Kier molecular flexibility index (Phi) is 7.42. The van der Waals surface area contributed by atoms with Crippen molar-refractivity contribution in [1.29, 1.82) is 0 Å². The Morgan fingerprint density at radius 3 is 2.33 bits per heavy atom. The molecular weight excluding hydrogens is 360 g/mol. The Morgan fingerprint density at radius 1 is 0.926 bits per heavy atom. The van der Waals surface area contributed by atoms with Crippen LogP contribution in [-0.2, 0) is 14.3 Å². The highest BCUT2D eigenvalue weighted by Gasteiger charge is 2.13. The number of halogens is 2. The molecule has 0 aromatic heterocycles. The third-order valence-electron chi connectivity index (χ3n) is 3.38. The second-order valence-corrected chi connectivity index (χ2v) is 5.35. The maximum Gasteiger partial charge on any atom is 0.338 e. The smallest absolute Gasteiger partial charge is 0.338 e. The molecule has 0 aliphatic rings. The second-order valence-electron chi connectivity index (χ2n) is 5.35. The average Bonchev–Trinajstić information content (AvgIpc) is 2.65. The Labute approximate surface area is 154 Å². The van der Waals surface area contributed by atoms with Crippen molar-refractivity contribution in [3.05, 3.63) is 71.3 Å². The Hall–Kier alpha value is -3.29. The van der Waals surface area contributed by atoms with Crippen LogP contribution in [0, 0.1) is 11.6 Å². The van der Waals surface area contributed by atoms with Crippen molar-refractivity contribution >= 4 is 17.8 Å². The molecule has 0 bridgehead atoms. The summed E-state index contributed by atoms with van der Waals surface area (Å²) >= 11 is 0. The summed E-state index contributed by atoms with van der Waals surface area (Å²) in [5, 5.41) is 2.33. The number of esters is 2.